The van der Waals surface area contributed by atoms with Crippen molar-refractivity contribution in [1.82, 2.24) is 0 Å². The van der Waals surface area contributed by atoms with Gasteiger partial charge in [-0.3, -0.25) is 4.79 Å². The topological polar surface area (TPSA) is 192 Å². The van der Waals surface area contributed by atoms with E-state index < -0.39 is 54.3 Å². The van der Waals surface area contributed by atoms with Gasteiger partial charge in [0.15, 0.2) is 23.4 Å². The first kappa shape index (κ1) is 23.6. The Morgan fingerprint density at radius 2 is 1.76 bits per heavy atom. The maximum absolute atomic E-state index is 12.6. The number of carbonyl (C=O) groups is 2. The number of rotatable bonds is 5. The summed E-state index contributed by atoms with van der Waals surface area (Å²) in [4.78, 5) is 23.9. The number of phenolic OH excluding ortho intramolecular Hbond substituents is 2. The molecule has 0 saturated carbocycles. The van der Waals surface area contributed by atoms with Crippen LogP contribution in [-0.4, -0.2) is 80.2 Å². The Hall–Kier alpha value is -3.58. The van der Waals surface area contributed by atoms with Crippen LogP contribution in [0.5, 0.6) is 28.7 Å². The van der Waals surface area contributed by atoms with Gasteiger partial charge in [0.05, 0.1) is 13.5 Å². The number of fused-ring (bicyclic) bond motifs is 1. The molecule has 0 amide bonds. The number of benzene rings is 2. The molecule has 1 saturated heterocycles. The molecule has 34 heavy (non-hydrogen) atoms. The van der Waals surface area contributed by atoms with Crippen molar-refractivity contribution in [3.8, 4) is 28.7 Å². The molecular weight excluding hydrogens is 456 g/mol. The van der Waals surface area contributed by atoms with Crippen LogP contribution < -0.4 is 14.2 Å². The van der Waals surface area contributed by atoms with Crippen LogP contribution >= 0.6 is 0 Å². The van der Waals surface area contributed by atoms with Gasteiger partial charge in [-0.1, -0.05) is 6.07 Å². The van der Waals surface area contributed by atoms with Gasteiger partial charge in [0.1, 0.15) is 47.2 Å². The standard InChI is InChI=1S/C22H22O12/c1-31-12-3-2-8(13-7-11(25)16-10(24)5-9(23)6-15(16)32-13)4-14(12)33-22-19(28)17(26)18(27)20(34-22)21(29)30/h2-6,13,17-20,22-24,26-28H,7H2,1H3,(H,29,30)/t13?,17?,18-,19+,20?,22+/m0/s1. The number of aliphatic carboxylic acids is 1. The molecule has 1 fully saturated rings. The van der Waals surface area contributed by atoms with Crippen molar-refractivity contribution >= 4 is 11.8 Å². The van der Waals surface area contributed by atoms with Crippen LogP contribution in [0.2, 0.25) is 0 Å². The van der Waals surface area contributed by atoms with Crippen molar-refractivity contribution in [2.24, 2.45) is 0 Å². The minimum absolute atomic E-state index is 0.00974. The Kier molecular flexibility index (Phi) is 6.23. The van der Waals surface area contributed by atoms with Gasteiger partial charge >= 0.3 is 5.97 Å². The number of carbonyl (C=O) groups excluding carboxylic acids is 1. The predicted molar refractivity (Wildman–Crippen MR) is 110 cm³/mol. The molecule has 2 heterocycles. The average Bonchev–Trinajstić information content (AvgIpc) is 2.78. The van der Waals surface area contributed by atoms with E-state index in [1.165, 1.54) is 25.3 Å². The Morgan fingerprint density at radius 3 is 2.44 bits per heavy atom. The van der Waals surface area contributed by atoms with Gasteiger partial charge in [-0.25, -0.2) is 4.79 Å². The molecule has 0 spiro atoms. The molecule has 0 aliphatic carbocycles. The third kappa shape index (κ3) is 4.19. The number of phenols is 2. The monoisotopic (exact) mass is 478 g/mol. The van der Waals surface area contributed by atoms with Crippen LogP contribution in [0.3, 0.4) is 0 Å². The summed E-state index contributed by atoms with van der Waals surface area (Å²) in [6.07, 6.45) is -10.0. The number of ketones is 1. The highest BCUT2D eigenvalue weighted by molar-refractivity contribution is 6.02. The number of Topliss-reactive ketones (excluding diaryl/α,β-unsaturated/α-hetero) is 1. The summed E-state index contributed by atoms with van der Waals surface area (Å²) < 4.78 is 21.8. The summed E-state index contributed by atoms with van der Waals surface area (Å²) in [7, 11) is 1.33. The highest BCUT2D eigenvalue weighted by Crippen LogP contribution is 2.43. The van der Waals surface area contributed by atoms with E-state index in [0.29, 0.717) is 5.56 Å². The molecule has 0 aromatic heterocycles. The van der Waals surface area contributed by atoms with Gasteiger partial charge in [-0.05, 0) is 17.7 Å². The molecule has 2 aliphatic rings. The Bertz CT molecular complexity index is 1120. The fraction of sp³-hybridized carbons (Fsp3) is 0.364. The van der Waals surface area contributed by atoms with Gasteiger partial charge in [0.25, 0.3) is 0 Å². The SMILES string of the molecule is COc1ccc(C2CC(=O)c3c(O)cc(O)cc3O2)cc1O[C@@H]1OC(C(=O)O)[C@@H](O)C(O)[C@H]1O. The zero-order valence-electron chi connectivity index (χ0n) is 17.7. The van der Waals surface area contributed by atoms with E-state index in [2.05, 4.69) is 0 Å². The van der Waals surface area contributed by atoms with E-state index >= 15 is 0 Å². The fourth-order valence-electron chi connectivity index (χ4n) is 3.87. The van der Waals surface area contributed by atoms with Crippen molar-refractivity contribution in [3.05, 3.63) is 41.5 Å². The molecule has 2 aliphatic heterocycles. The highest BCUT2D eigenvalue weighted by Gasteiger charge is 2.48. The van der Waals surface area contributed by atoms with Gasteiger partial charge in [-0.15, -0.1) is 0 Å². The Balaban J connectivity index is 1.63. The number of hydrogen-bond acceptors (Lipinski definition) is 11. The second-order valence-corrected chi connectivity index (χ2v) is 7.84. The lowest BCUT2D eigenvalue weighted by Crippen LogP contribution is -2.61. The molecule has 182 valence electrons. The molecule has 2 aromatic rings. The summed E-state index contributed by atoms with van der Waals surface area (Å²) in [6.45, 7) is 0. The number of carboxylic acids is 1. The minimum atomic E-state index is -1.88. The van der Waals surface area contributed by atoms with E-state index in [0.717, 1.165) is 6.07 Å². The van der Waals surface area contributed by atoms with Crippen LogP contribution in [0.25, 0.3) is 0 Å². The van der Waals surface area contributed by atoms with E-state index in [-0.39, 0.29) is 35.0 Å². The van der Waals surface area contributed by atoms with Crippen molar-refractivity contribution < 1.29 is 59.2 Å². The molecule has 12 nitrogen and oxygen atoms in total. The van der Waals surface area contributed by atoms with Crippen LogP contribution in [-0.2, 0) is 9.53 Å². The van der Waals surface area contributed by atoms with Crippen molar-refractivity contribution in [1.29, 1.82) is 0 Å². The second kappa shape index (κ2) is 8.99. The normalized spacial score (nSPS) is 28.5. The summed E-state index contributed by atoms with van der Waals surface area (Å²) in [5, 5.41) is 59.0. The molecule has 4 rings (SSSR count). The lowest BCUT2D eigenvalue weighted by molar-refractivity contribution is -0.271. The number of aromatic hydroxyl groups is 2. The van der Waals surface area contributed by atoms with Crippen LogP contribution in [0.15, 0.2) is 30.3 Å². The molecule has 12 heteroatoms. The number of hydrogen-bond donors (Lipinski definition) is 6. The summed E-state index contributed by atoms with van der Waals surface area (Å²) >= 11 is 0. The zero-order chi connectivity index (χ0) is 24.7. The summed E-state index contributed by atoms with van der Waals surface area (Å²) in [5.74, 6) is -2.57. The first-order chi connectivity index (χ1) is 16.1. The lowest BCUT2D eigenvalue weighted by atomic mass is 9.95. The molecule has 6 atom stereocenters. The van der Waals surface area contributed by atoms with Crippen LogP contribution in [0.1, 0.15) is 28.4 Å². The molecule has 6 N–H and O–H groups in total. The summed E-state index contributed by atoms with van der Waals surface area (Å²) in [5.41, 5.74) is 0.364. The van der Waals surface area contributed by atoms with Crippen LogP contribution in [0, 0.1) is 0 Å². The fourth-order valence-corrected chi connectivity index (χ4v) is 3.87. The van der Waals surface area contributed by atoms with Crippen LogP contribution in [0.4, 0.5) is 0 Å². The van der Waals surface area contributed by atoms with Gasteiger partial charge in [0.2, 0.25) is 6.29 Å². The minimum Gasteiger partial charge on any atom is -0.508 e. The Morgan fingerprint density at radius 1 is 1.03 bits per heavy atom. The van der Waals surface area contributed by atoms with E-state index in [1.807, 2.05) is 0 Å². The molecule has 3 unspecified atom stereocenters. The first-order valence-electron chi connectivity index (χ1n) is 10.1. The summed E-state index contributed by atoms with van der Waals surface area (Å²) in [6, 6.07) is 6.70. The maximum Gasteiger partial charge on any atom is 0.335 e. The average molecular weight is 478 g/mol. The number of ether oxygens (including phenoxy) is 4. The van der Waals surface area contributed by atoms with Gasteiger partial charge in [0, 0.05) is 12.1 Å². The van der Waals surface area contributed by atoms with E-state index in [4.69, 9.17) is 18.9 Å². The molecule has 0 bridgehead atoms. The number of carboxylic acid groups (broad SMARTS) is 1. The highest BCUT2D eigenvalue weighted by atomic mass is 16.7. The molecule has 2 aromatic carbocycles. The molecule has 0 radical (unpaired) electrons. The number of aliphatic hydroxyl groups is 3. The first-order valence-corrected chi connectivity index (χ1v) is 10.1. The quantitative estimate of drug-likeness (QED) is 0.340. The third-order valence-corrected chi connectivity index (χ3v) is 5.60. The lowest BCUT2D eigenvalue weighted by Gasteiger charge is -2.38. The predicted octanol–water partition coefficient (Wildman–Crippen LogP) is 0.0839. The van der Waals surface area contributed by atoms with Gasteiger partial charge in [-0.2, -0.15) is 0 Å². The number of aliphatic hydroxyl groups excluding tert-OH is 3. The van der Waals surface area contributed by atoms with E-state index in [1.54, 1.807) is 6.07 Å². The largest absolute Gasteiger partial charge is 0.508 e. The van der Waals surface area contributed by atoms with Crippen molar-refractivity contribution in [3.63, 3.8) is 0 Å². The zero-order valence-corrected chi connectivity index (χ0v) is 17.7. The third-order valence-electron chi connectivity index (χ3n) is 5.60. The van der Waals surface area contributed by atoms with E-state index in [9.17, 15) is 40.2 Å². The Labute approximate surface area is 192 Å². The number of methoxy groups -OCH3 is 1. The van der Waals surface area contributed by atoms with Crippen molar-refractivity contribution in [2.45, 2.75) is 43.2 Å². The van der Waals surface area contributed by atoms with Crippen molar-refractivity contribution in [2.75, 3.05) is 7.11 Å². The second-order valence-electron chi connectivity index (χ2n) is 7.84. The van der Waals surface area contributed by atoms with Gasteiger partial charge < -0.3 is 49.6 Å². The molecular formula is C22H22O12. The maximum atomic E-state index is 12.6. The smallest absolute Gasteiger partial charge is 0.335 e.